The molecule has 1 atom stereocenters. The molecule has 5 nitrogen and oxygen atoms in total. The first kappa shape index (κ1) is 22.5. The highest BCUT2D eigenvalue weighted by Crippen LogP contribution is 2.41. The van der Waals surface area contributed by atoms with Crippen LogP contribution in [0.4, 0.5) is 15.2 Å². The van der Waals surface area contributed by atoms with Gasteiger partial charge in [-0.15, -0.1) is 11.3 Å². The highest BCUT2D eigenvalue weighted by Gasteiger charge is 2.38. The molecule has 2 aliphatic carbocycles. The number of halogens is 1. The van der Waals surface area contributed by atoms with Crippen molar-refractivity contribution in [3.63, 3.8) is 0 Å². The van der Waals surface area contributed by atoms with Crippen LogP contribution in [0, 0.1) is 5.82 Å². The van der Waals surface area contributed by atoms with Gasteiger partial charge in [0.1, 0.15) is 5.82 Å². The second kappa shape index (κ2) is 9.50. The third-order valence-corrected chi connectivity index (χ3v) is 7.22. The second-order valence-electron chi connectivity index (χ2n) is 8.78. The summed E-state index contributed by atoms with van der Waals surface area (Å²) in [6.07, 6.45) is 8.45. The molecular formula is C27H26FN3O2S. The fourth-order valence-corrected chi connectivity index (χ4v) is 5.54. The molecule has 0 N–H and O–H groups in total. The fourth-order valence-electron chi connectivity index (χ4n) is 4.70. The summed E-state index contributed by atoms with van der Waals surface area (Å²) < 4.78 is 14.3. The Kier molecular flexibility index (Phi) is 6.28. The zero-order chi connectivity index (χ0) is 23.7. The van der Waals surface area contributed by atoms with E-state index >= 15 is 0 Å². The Morgan fingerprint density at radius 3 is 2.62 bits per heavy atom. The number of hydrogen-bond acceptors (Lipinski definition) is 4. The molecule has 5 rings (SSSR count). The molecule has 34 heavy (non-hydrogen) atoms. The number of carbonyl (C=O) groups is 2. The number of amides is 2. The van der Waals surface area contributed by atoms with E-state index in [1.807, 2.05) is 4.90 Å². The van der Waals surface area contributed by atoms with Gasteiger partial charge in [-0.3, -0.25) is 14.5 Å². The van der Waals surface area contributed by atoms with E-state index in [4.69, 9.17) is 0 Å². The van der Waals surface area contributed by atoms with Gasteiger partial charge >= 0.3 is 0 Å². The van der Waals surface area contributed by atoms with Crippen LogP contribution in [0.25, 0.3) is 6.08 Å². The van der Waals surface area contributed by atoms with Crippen molar-refractivity contribution in [1.29, 1.82) is 0 Å². The number of aromatic nitrogens is 1. The Bertz CT molecular complexity index is 1250. The maximum absolute atomic E-state index is 14.3. The molecule has 2 aromatic carbocycles. The molecule has 1 saturated carbocycles. The van der Waals surface area contributed by atoms with E-state index in [0.29, 0.717) is 10.8 Å². The van der Waals surface area contributed by atoms with Crippen LogP contribution in [0.2, 0.25) is 0 Å². The smallest absolute Gasteiger partial charge is 0.247 e. The quantitative estimate of drug-likeness (QED) is 0.408. The monoisotopic (exact) mass is 475 g/mol. The Labute approximate surface area is 202 Å². The van der Waals surface area contributed by atoms with E-state index in [0.717, 1.165) is 32.1 Å². The molecule has 0 radical (unpaired) electrons. The Balaban J connectivity index is 1.37. The van der Waals surface area contributed by atoms with E-state index in [2.05, 4.69) is 29.2 Å². The fraction of sp³-hybridized carbons (Fsp3) is 0.296. The maximum atomic E-state index is 14.3. The molecule has 0 aliphatic heterocycles. The number of benzene rings is 2. The van der Waals surface area contributed by atoms with Crippen molar-refractivity contribution in [3.05, 3.63) is 82.6 Å². The number of rotatable bonds is 6. The first-order chi connectivity index (χ1) is 16.5. The molecule has 1 unspecified atom stereocenters. The number of para-hydroxylation sites is 1. The van der Waals surface area contributed by atoms with Crippen LogP contribution in [-0.2, 0) is 16.0 Å². The van der Waals surface area contributed by atoms with Crippen molar-refractivity contribution in [3.8, 4) is 0 Å². The van der Waals surface area contributed by atoms with Crippen molar-refractivity contribution in [2.24, 2.45) is 0 Å². The predicted molar refractivity (Wildman–Crippen MR) is 132 cm³/mol. The van der Waals surface area contributed by atoms with Gasteiger partial charge in [0.2, 0.25) is 11.8 Å². The number of fused-ring (bicyclic) bond motifs is 1. The summed E-state index contributed by atoms with van der Waals surface area (Å²) in [5.74, 6) is -0.841. The molecule has 0 bridgehead atoms. The van der Waals surface area contributed by atoms with E-state index in [1.165, 1.54) is 40.4 Å². The van der Waals surface area contributed by atoms with Crippen molar-refractivity contribution in [2.45, 2.75) is 51.1 Å². The third-order valence-electron chi connectivity index (χ3n) is 6.37. The lowest BCUT2D eigenvalue weighted by molar-refractivity contribution is -0.129. The molecule has 7 heteroatoms. The summed E-state index contributed by atoms with van der Waals surface area (Å²) >= 11 is 1.24. The highest BCUT2D eigenvalue weighted by molar-refractivity contribution is 7.14. The standard InChI is InChI=1S/C27H26FN3O2S/c1-18(32)30(25-11-5-4-10-23(25)28)27-29-20(17-34-27)13-16-26(33)31(21-14-15-21)24-12-6-8-19-7-2-3-9-22(19)24/h2-5,7,9-11,13,16-17,21,24H,6,8,12,14-15H2,1H3/b16-13+. The first-order valence-electron chi connectivity index (χ1n) is 11.6. The van der Waals surface area contributed by atoms with Crippen LogP contribution in [0.15, 0.2) is 60.0 Å². The van der Waals surface area contributed by atoms with Crippen LogP contribution in [-0.4, -0.2) is 27.7 Å². The number of aryl methyl sites for hydroxylation is 1. The summed E-state index contributed by atoms with van der Waals surface area (Å²) in [6.45, 7) is 1.38. The van der Waals surface area contributed by atoms with Crippen molar-refractivity contribution >= 4 is 40.0 Å². The summed E-state index contributed by atoms with van der Waals surface area (Å²) in [6, 6.07) is 14.9. The number of nitrogens with zero attached hydrogens (tertiary/aromatic N) is 3. The minimum atomic E-state index is -0.493. The minimum absolute atomic E-state index is 0.0173. The van der Waals surface area contributed by atoms with Crippen LogP contribution < -0.4 is 4.90 Å². The molecule has 2 amide bonds. The molecule has 1 aromatic heterocycles. The van der Waals surface area contributed by atoms with Gasteiger partial charge in [0.15, 0.2) is 5.13 Å². The zero-order valence-electron chi connectivity index (χ0n) is 19.0. The first-order valence-corrected chi connectivity index (χ1v) is 12.5. The van der Waals surface area contributed by atoms with E-state index in [9.17, 15) is 14.0 Å². The lowest BCUT2D eigenvalue weighted by Gasteiger charge is -2.35. The Morgan fingerprint density at radius 2 is 1.85 bits per heavy atom. The predicted octanol–water partition coefficient (Wildman–Crippen LogP) is 6.05. The summed E-state index contributed by atoms with van der Waals surface area (Å²) in [5, 5.41) is 2.14. The summed E-state index contributed by atoms with van der Waals surface area (Å²) in [4.78, 5) is 33.4. The lowest BCUT2D eigenvalue weighted by Crippen LogP contribution is -2.37. The van der Waals surface area contributed by atoms with Gasteiger partial charge in [0, 0.05) is 24.4 Å². The van der Waals surface area contributed by atoms with Gasteiger partial charge in [0.05, 0.1) is 17.4 Å². The largest absolute Gasteiger partial charge is 0.329 e. The lowest BCUT2D eigenvalue weighted by atomic mass is 9.86. The molecule has 174 valence electrons. The molecule has 3 aromatic rings. The van der Waals surface area contributed by atoms with Crippen molar-refractivity contribution in [1.82, 2.24) is 9.88 Å². The number of thiazole rings is 1. The van der Waals surface area contributed by atoms with Crippen LogP contribution in [0.1, 0.15) is 55.5 Å². The average molecular weight is 476 g/mol. The van der Waals surface area contributed by atoms with Gasteiger partial charge in [-0.25, -0.2) is 9.37 Å². The molecule has 1 heterocycles. The third kappa shape index (κ3) is 4.53. The van der Waals surface area contributed by atoms with Gasteiger partial charge in [-0.2, -0.15) is 0 Å². The molecule has 0 saturated heterocycles. The van der Waals surface area contributed by atoms with Crippen molar-refractivity contribution in [2.75, 3.05) is 4.90 Å². The molecule has 2 aliphatic rings. The number of carbonyl (C=O) groups excluding carboxylic acids is 2. The van der Waals surface area contributed by atoms with Crippen LogP contribution >= 0.6 is 11.3 Å². The van der Waals surface area contributed by atoms with Crippen molar-refractivity contribution < 1.29 is 14.0 Å². The number of anilines is 2. The molecular weight excluding hydrogens is 449 g/mol. The average Bonchev–Trinajstić information content (AvgIpc) is 3.56. The zero-order valence-corrected chi connectivity index (χ0v) is 19.8. The summed E-state index contributed by atoms with van der Waals surface area (Å²) in [7, 11) is 0. The second-order valence-corrected chi connectivity index (χ2v) is 9.61. The normalized spacial score (nSPS) is 17.4. The Hall–Kier alpha value is -3.32. The Morgan fingerprint density at radius 1 is 1.09 bits per heavy atom. The summed E-state index contributed by atoms with van der Waals surface area (Å²) in [5.41, 5.74) is 3.32. The van der Waals surface area contributed by atoms with Crippen LogP contribution in [0.3, 0.4) is 0 Å². The van der Waals surface area contributed by atoms with E-state index < -0.39 is 5.82 Å². The molecule has 1 fully saturated rings. The minimum Gasteiger partial charge on any atom is -0.329 e. The topological polar surface area (TPSA) is 53.5 Å². The molecule has 0 spiro atoms. The number of hydrogen-bond donors (Lipinski definition) is 0. The van der Waals surface area contributed by atoms with Gasteiger partial charge in [-0.1, -0.05) is 36.4 Å². The van der Waals surface area contributed by atoms with E-state index in [1.54, 1.807) is 35.7 Å². The maximum Gasteiger partial charge on any atom is 0.247 e. The van der Waals surface area contributed by atoms with E-state index in [-0.39, 0.29) is 29.6 Å². The van der Waals surface area contributed by atoms with Crippen LogP contribution in [0.5, 0.6) is 0 Å². The SMILES string of the molecule is CC(=O)N(c1nc(/C=C/C(=O)N(C2CC2)C2CCCc3ccccc32)cs1)c1ccccc1F. The van der Waals surface area contributed by atoms with Gasteiger partial charge < -0.3 is 4.90 Å². The highest BCUT2D eigenvalue weighted by atomic mass is 32.1. The van der Waals surface area contributed by atoms with Gasteiger partial charge in [0.25, 0.3) is 0 Å². The van der Waals surface area contributed by atoms with Gasteiger partial charge in [-0.05, 0) is 61.4 Å².